The SMILES string of the molecule is C=C[C@H]1C[C@]1(NC(=O)[C@@H]1C[C@@H]2CN1C(=O)[C@H](C(C)(C)C)NC(=O)OCCCCc1cccc3c1CN(C3)C(=O)O2)C(=O)NS(=O)(=O)C1CC1. The molecule has 5 atom stereocenters. The molecule has 49 heavy (non-hydrogen) atoms. The molecule has 1 aromatic carbocycles. The van der Waals surface area contributed by atoms with Crippen LogP contribution in [0.15, 0.2) is 30.9 Å². The Hall–Kier alpha value is -4.14. The summed E-state index contributed by atoms with van der Waals surface area (Å²) in [7, 11) is -3.90. The van der Waals surface area contributed by atoms with Crippen LogP contribution in [0.1, 0.15) is 76.0 Å². The van der Waals surface area contributed by atoms with E-state index in [-0.39, 0.29) is 26.0 Å². The van der Waals surface area contributed by atoms with E-state index >= 15 is 0 Å². The van der Waals surface area contributed by atoms with Crippen molar-refractivity contribution in [2.45, 2.75) is 108 Å². The maximum Gasteiger partial charge on any atom is 0.410 e. The quantitative estimate of drug-likeness (QED) is 0.376. The van der Waals surface area contributed by atoms with Crippen molar-refractivity contribution in [2.75, 3.05) is 13.2 Å². The van der Waals surface area contributed by atoms with Gasteiger partial charge in [0.15, 0.2) is 0 Å². The third-order valence-electron chi connectivity index (χ3n) is 10.2. The number of ether oxygens (including phenoxy) is 2. The molecule has 3 N–H and O–H groups in total. The zero-order valence-corrected chi connectivity index (χ0v) is 29.0. The number of sulfonamides is 1. The molecule has 0 radical (unpaired) electrons. The first-order valence-electron chi connectivity index (χ1n) is 16.9. The topological polar surface area (TPSA) is 181 Å². The number of fused-ring (bicyclic) bond motifs is 3. The Labute approximate surface area is 286 Å². The number of amides is 5. The molecule has 0 unspecified atom stereocenters. The first-order chi connectivity index (χ1) is 23.1. The van der Waals surface area contributed by atoms with Crippen molar-refractivity contribution < 1.29 is 41.9 Å². The lowest BCUT2D eigenvalue weighted by molar-refractivity contribution is -0.142. The van der Waals surface area contributed by atoms with E-state index in [0.717, 1.165) is 29.5 Å². The second kappa shape index (κ2) is 13.0. The van der Waals surface area contributed by atoms with Crippen LogP contribution < -0.4 is 15.4 Å². The molecule has 2 saturated carbocycles. The number of carbonyl (C=O) groups is 5. The van der Waals surface area contributed by atoms with Crippen LogP contribution >= 0.6 is 0 Å². The molecule has 15 heteroatoms. The van der Waals surface area contributed by atoms with Crippen LogP contribution in [0.5, 0.6) is 0 Å². The Morgan fingerprint density at radius 3 is 2.51 bits per heavy atom. The number of cyclic esters (lactones) is 1. The fourth-order valence-corrected chi connectivity index (χ4v) is 8.39. The molecule has 14 nitrogen and oxygen atoms in total. The van der Waals surface area contributed by atoms with Crippen LogP contribution in [0.2, 0.25) is 0 Å². The van der Waals surface area contributed by atoms with Crippen molar-refractivity contribution >= 4 is 39.9 Å². The van der Waals surface area contributed by atoms with Gasteiger partial charge in [0.1, 0.15) is 23.7 Å². The normalized spacial score (nSPS) is 29.2. The van der Waals surface area contributed by atoms with Crippen molar-refractivity contribution in [2.24, 2.45) is 11.3 Å². The van der Waals surface area contributed by atoms with Crippen molar-refractivity contribution in [1.82, 2.24) is 25.2 Å². The molecule has 6 rings (SSSR count). The lowest BCUT2D eigenvalue weighted by Crippen LogP contribution is -2.60. The highest BCUT2D eigenvalue weighted by Gasteiger charge is 2.62. The minimum atomic E-state index is -3.90. The Balaban J connectivity index is 1.27. The Morgan fingerprint density at radius 1 is 1.10 bits per heavy atom. The fraction of sp³-hybridized carbons (Fsp3) is 0.618. The number of rotatable bonds is 6. The summed E-state index contributed by atoms with van der Waals surface area (Å²) < 4.78 is 38.7. The summed E-state index contributed by atoms with van der Waals surface area (Å²) in [6.45, 7) is 9.76. The summed E-state index contributed by atoms with van der Waals surface area (Å²) in [4.78, 5) is 71.0. The summed E-state index contributed by atoms with van der Waals surface area (Å²) >= 11 is 0. The number of nitrogens with one attached hydrogen (secondary N) is 3. The Kier molecular flexibility index (Phi) is 9.18. The van der Waals surface area contributed by atoms with Crippen LogP contribution in [0.25, 0.3) is 0 Å². The van der Waals surface area contributed by atoms with Gasteiger partial charge in [-0.1, -0.05) is 45.0 Å². The van der Waals surface area contributed by atoms with Crippen molar-refractivity contribution in [3.63, 3.8) is 0 Å². The lowest BCUT2D eigenvalue weighted by atomic mass is 9.85. The van der Waals surface area contributed by atoms with Gasteiger partial charge < -0.3 is 25.0 Å². The number of hydrogen-bond acceptors (Lipinski definition) is 9. The molecule has 0 aromatic heterocycles. The van der Waals surface area contributed by atoms with Crippen LogP contribution in [0, 0.1) is 11.3 Å². The first kappa shape index (κ1) is 34.7. The van der Waals surface area contributed by atoms with E-state index in [1.165, 1.54) is 11.0 Å². The second-order valence-corrected chi connectivity index (χ2v) is 16.8. The van der Waals surface area contributed by atoms with Gasteiger partial charge in [-0.2, -0.15) is 0 Å². The highest BCUT2D eigenvalue weighted by Crippen LogP contribution is 2.45. The van der Waals surface area contributed by atoms with Gasteiger partial charge in [-0.3, -0.25) is 24.0 Å². The van der Waals surface area contributed by atoms with E-state index < -0.39 is 80.2 Å². The number of aryl methyl sites for hydroxylation is 1. The number of benzene rings is 1. The maximum absolute atomic E-state index is 14.3. The standard InChI is InChI=1S/C34H45N5O9S/c1-5-22-16-34(22,30(42)37-49(45,46)24-12-13-24)36-28(40)26-15-23-18-39(26)29(41)27(33(2,3)4)35-31(43)47-14-7-6-9-20-10-8-11-21-17-38(19-25(20)21)32(44)48-23/h5,8,10-11,22-24,26-27H,1,6-7,9,12-19H2,2-4H3,(H,35,43)(H,36,40)(H,37,42)/t22-,23+,26-,27+,34+/m0/s1. The zero-order chi connectivity index (χ0) is 35.3. The molecular formula is C34H45N5O9S. The highest BCUT2D eigenvalue weighted by atomic mass is 32.2. The lowest BCUT2D eigenvalue weighted by Gasteiger charge is -2.35. The van der Waals surface area contributed by atoms with Gasteiger partial charge in [0.2, 0.25) is 21.8 Å². The molecule has 5 aliphatic rings. The second-order valence-electron chi connectivity index (χ2n) is 14.9. The molecule has 3 heterocycles. The molecule has 2 aliphatic carbocycles. The van der Waals surface area contributed by atoms with Crippen LogP contribution in [-0.4, -0.2) is 90.3 Å². The minimum absolute atomic E-state index is 0.0759. The van der Waals surface area contributed by atoms with E-state index in [0.29, 0.717) is 32.4 Å². The van der Waals surface area contributed by atoms with Gasteiger partial charge in [0, 0.05) is 25.4 Å². The third-order valence-corrected chi connectivity index (χ3v) is 12.0. The van der Waals surface area contributed by atoms with E-state index in [2.05, 4.69) is 21.9 Å². The number of hydrogen-bond donors (Lipinski definition) is 3. The summed E-state index contributed by atoms with van der Waals surface area (Å²) in [6.07, 6.45) is 2.30. The number of alkyl carbamates (subject to hydrolysis) is 1. The summed E-state index contributed by atoms with van der Waals surface area (Å²) in [6, 6.07) is 3.64. The average molecular weight is 700 g/mol. The number of carbonyl (C=O) groups excluding carboxylic acids is 5. The van der Waals surface area contributed by atoms with Crippen LogP contribution in [0.3, 0.4) is 0 Å². The molecular weight excluding hydrogens is 654 g/mol. The molecule has 266 valence electrons. The van der Waals surface area contributed by atoms with Crippen molar-refractivity contribution in [1.29, 1.82) is 0 Å². The van der Waals surface area contributed by atoms with E-state index in [9.17, 15) is 32.4 Å². The summed E-state index contributed by atoms with van der Waals surface area (Å²) in [5.41, 5.74) is 0.805. The van der Waals surface area contributed by atoms with Gasteiger partial charge in [0.25, 0.3) is 5.91 Å². The third kappa shape index (κ3) is 7.12. The predicted molar refractivity (Wildman–Crippen MR) is 176 cm³/mol. The highest BCUT2D eigenvalue weighted by molar-refractivity contribution is 7.91. The van der Waals surface area contributed by atoms with Crippen LogP contribution in [-0.2, 0) is 53.4 Å². The van der Waals surface area contributed by atoms with Gasteiger partial charge in [0.05, 0.1) is 18.4 Å². The Morgan fingerprint density at radius 2 is 1.84 bits per heavy atom. The van der Waals surface area contributed by atoms with Gasteiger partial charge in [-0.25, -0.2) is 18.0 Å². The van der Waals surface area contributed by atoms with Gasteiger partial charge >= 0.3 is 12.2 Å². The smallest absolute Gasteiger partial charge is 0.410 e. The van der Waals surface area contributed by atoms with Crippen molar-refractivity contribution in [3.05, 3.63) is 47.5 Å². The van der Waals surface area contributed by atoms with Crippen molar-refractivity contribution in [3.8, 4) is 0 Å². The van der Waals surface area contributed by atoms with Crippen LogP contribution in [0.4, 0.5) is 9.59 Å². The summed E-state index contributed by atoms with van der Waals surface area (Å²) in [5, 5.41) is 4.77. The van der Waals surface area contributed by atoms with Gasteiger partial charge in [-0.15, -0.1) is 6.58 Å². The molecule has 5 amide bonds. The molecule has 3 aliphatic heterocycles. The predicted octanol–water partition coefficient (Wildman–Crippen LogP) is 2.25. The van der Waals surface area contributed by atoms with E-state index in [4.69, 9.17) is 9.47 Å². The van der Waals surface area contributed by atoms with E-state index in [1.807, 2.05) is 18.2 Å². The minimum Gasteiger partial charge on any atom is -0.450 e. The average Bonchev–Trinajstić information content (AvgIpc) is 3.92. The Bertz CT molecular complexity index is 1670. The fourth-order valence-electron chi connectivity index (χ4n) is 7.02. The zero-order valence-electron chi connectivity index (χ0n) is 28.2. The molecule has 3 fully saturated rings. The largest absolute Gasteiger partial charge is 0.450 e. The maximum atomic E-state index is 14.3. The molecule has 1 saturated heterocycles. The van der Waals surface area contributed by atoms with E-state index in [1.54, 1.807) is 25.7 Å². The first-order valence-corrected chi connectivity index (χ1v) is 18.5. The molecule has 0 spiro atoms. The van der Waals surface area contributed by atoms with Gasteiger partial charge in [-0.05, 0) is 60.6 Å². The summed E-state index contributed by atoms with van der Waals surface area (Å²) in [5.74, 6) is -2.70. The molecule has 4 bridgehead atoms. The molecule has 1 aromatic rings. The monoisotopic (exact) mass is 699 g/mol. The number of nitrogens with zero attached hydrogens (tertiary/aromatic N) is 2.